The molecule has 2 aromatic carbocycles. The number of nitrogens with zero attached hydrogens (tertiary/aromatic N) is 3. The van der Waals surface area contributed by atoms with Crippen LogP contribution in [-0.4, -0.2) is 47.5 Å². The summed E-state index contributed by atoms with van der Waals surface area (Å²) >= 11 is 0. The number of fused-ring (bicyclic) bond motifs is 1. The Morgan fingerprint density at radius 3 is 2.50 bits per heavy atom. The van der Waals surface area contributed by atoms with Gasteiger partial charge in [0.1, 0.15) is 5.82 Å². The summed E-state index contributed by atoms with van der Waals surface area (Å²) in [5.74, 6) is -2.68. The fourth-order valence-corrected chi connectivity index (χ4v) is 7.27. The van der Waals surface area contributed by atoms with Gasteiger partial charge < -0.3 is 0 Å². The molecule has 1 heterocycles. The second-order valence-corrected chi connectivity index (χ2v) is 12.0. The molecule has 0 saturated heterocycles. The molecule has 5 nitrogen and oxygen atoms in total. The van der Waals surface area contributed by atoms with Crippen molar-refractivity contribution >= 4 is 10.0 Å². The maximum Gasteiger partial charge on any atom is 0.404 e. The van der Waals surface area contributed by atoms with Crippen LogP contribution in [0.2, 0.25) is 0 Å². The second kappa shape index (κ2) is 10.3. The Labute approximate surface area is 219 Å². The molecular weight excluding hydrogens is 518 g/mol. The summed E-state index contributed by atoms with van der Waals surface area (Å²) in [5, 5.41) is 4.61. The number of para-hydroxylation sites is 1. The average molecular weight is 548 g/mol. The fraction of sp³-hybridized carbons (Fsp3) is 0.393. The van der Waals surface area contributed by atoms with E-state index in [4.69, 9.17) is 0 Å². The van der Waals surface area contributed by atoms with E-state index in [1.54, 1.807) is 6.07 Å². The summed E-state index contributed by atoms with van der Waals surface area (Å²) in [7, 11) is -4.65. The molecule has 0 fully saturated rings. The Kier molecular flexibility index (Phi) is 7.21. The highest BCUT2D eigenvalue weighted by atomic mass is 32.2. The molecule has 202 valence electrons. The second-order valence-electron chi connectivity index (χ2n) is 10.1. The number of rotatable bonds is 8. The number of hydrogen-bond acceptors (Lipinski definition) is 3. The first kappa shape index (κ1) is 26.6. The number of sulfonamides is 1. The highest BCUT2D eigenvalue weighted by Crippen LogP contribution is 2.47. The first-order valence-corrected chi connectivity index (χ1v) is 14.3. The molecule has 10 heteroatoms. The molecule has 0 N–H and O–H groups in total. The largest absolute Gasteiger partial charge is 0.404 e. The quantitative estimate of drug-likeness (QED) is 0.264. The number of benzene rings is 2. The molecule has 0 amide bonds. The van der Waals surface area contributed by atoms with E-state index in [9.17, 15) is 26.0 Å². The van der Waals surface area contributed by atoms with E-state index in [1.165, 1.54) is 23.8 Å². The van der Waals surface area contributed by atoms with E-state index < -0.39 is 27.8 Å². The van der Waals surface area contributed by atoms with E-state index in [1.807, 2.05) is 41.2 Å². The van der Waals surface area contributed by atoms with Crippen molar-refractivity contribution in [1.29, 1.82) is 0 Å². The third-order valence-electron chi connectivity index (χ3n) is 7.61. The van der Waals surface area contributed by atoms with Crippen molar-refractivity contribution in [2.45, 2.75) is 44.7 Å². The van der Waals surface area contributed by atoms with Crippen LogP contribution >= 0.6 is 0 Å². The predicted octanol–water partition coefficient (Wildman–Crippen LogP) is 5.81. The molecule has 38 heavy (non-hydrogen) atoms. The van der Waals surface area contributed by atoms with Gasteiger partial charge in [-0.05, 0) is 48.9 Å². The molecule has 5 rings (SSSR count). The Balaban J connectivity index is 1.40. The van der Waals surface area contributed by atoms with Crippen molar-refractivity contribution in [3.05, 3.63) is 94.6 Å². The van der Waals surface area contributed by atoms with Crippen LogP contribution in [0.25, 0.3) is 5.69 Å². The molecule has 0 spiro atoms. The van der Waals surface area contributed by atoms with Gasteiger partial charge >= 0.3 is 6.18 Å². The number of halogens is 4. The molecule has 2 atom stereocenters. The van der Waals surface area contributed by atoms with Crippen molar-refractivity contribution in [3.8, 4) is 5.69 Å². The van der Waals surface area contributed by atoms with Gasteiger partial charge in [-0.1, -0.05) is 54.5 Å². The molecule has 1 aromatic heterocycles. The van der Waals surface area contributed by atoms with E-state index in [0.29, 0.717) is 12.8 Å². The molecule has 0 unspecified atom stereocenters. The summed E-state index contributed by atoms with van der Waals surface area (Å²) < 4.78 is 82.5. The number of alkyl halides is 3. The monoisotopic (exact) mass is 547 g/mol. The van der Waals surface area contributed by atoms with Crippen molar-refractivity contribution < 1.29 is 26.0 Å². The summed E-state index contributed by atoms with van der Waals surface area (Å²) in [4.78, 5) is 0. The Hall–Kier alpha value is -2.98. The van der Waals surface area contributed by atoms with Crippen LogP contribution in [0.4, 0.5) is 17.6 Å². The van der Waals surface area contributed by atoms with Gasteiger partial charge in [-0.2, -0.15) is 18.3 Å². The third kappa shape index (κ3) is 5.42. The van der Waals surface area contributed by atoms with Gasteiger partial charge in [-0.15, -0.1) is 0 Å². The minimum atomic E-state index is -4.87. The lowest BCUT2D eigenvalue weighted by atomic mass is 9.80. The van der Waals surface area contributed by atoms with Gasteiger partial charge in [0.05, 0.1) is 17.6 Å². The SMILES string of the molecule is C[C@@H]1C2=C(CC[C@@H]2CN(CCc2ccccc2F)S(=O)(=O)CC(F)(F)F)Cc2c1cnn2-c1ccccc1. The Bertz CT molecular complexity index is 1450. The van der Waals surface area contributed by atoms with Crippen LogP contribution in [0, 0.1) is 11.7 Å². The van der Waals surface area contributed by atoms with Crippen LogP contribution in [0.15, 0.2) is 71.9 Å². The highest BCUT2D eigenvalue weighted by molar-refractivity contribution is 7.89. The van der Waals surface area contributed by atoms with Crippen LogP contribution in [0.3, 0.4) is 0 Å². The molecule has 3 aromatic rings. The van der Waals surface area contributed by atoms with Gasteiger partial charge in [-0.3, -0.25) is 0 Å². The van der Waals surface area contributed by atoms with Crippen LogP contribution in [-0.2, 0) is 22.9 Å². The standard InChI is InChI=1S/C28H29F4N3O2S/c1-19-24-16-33-35(23-8-3-2-4-9-23)26(24)15-21-11-12-22(27(19)21)17-34(38(36,37)18-28(30,31)32)14-13-20-7-5-6-10-25(20)29/h2-10,16,19,22H,11-15,17-18H2,1H3/t19-,22+/m0/s1. The zero-order valence-corrected chi connectivity index (χ0v) is 21.8. The minimum absolute atomic E-state index is 0.00800. The molecule has 2 aliphatic carbocycles. The van der Waals surface area contributed by atoms with Crippen LogP contribution in [0.1, 0.15) is 42.5 Å². The van der Waals surface area contributed by atoms with E-state index in [2.05, 4.69) is 12.0 Å². The van der Waals surface area contributed by atoms with Crippen molar-refractivity contribution in [3.63, 3.8) is 0 Å². The van der Waals surface area contributed by atoms with Gasteiger partial charge in [0.2, 0.25) is 10.0 Å². The third-order valence-corrected chi connectivity index (χ3v) is 9.42. The summed E-state index contributed by atoms with van der Waals surface area (Å²) in [6.07, 6.45) is -0.951. The first-order valence-electron chi connectivity index (χ1n) is 12.7. The topological polar surface area (TPSA) is 55.2 Å². The molecule has 0 aliphatic heterocycles. The Morgan fingerprint density at radius 1 is 1.08 bits per heavy atom. The number of aromatic nitrogens is 2. The lowest BCUT2D eigenvalue weighted by Crippen LogP contribution is -2.42. The van der Waals surface area contributed by atoms with Gasteiger partial charge in [0.25, 0.3) is 0 Å². The minimum Gasteiger partial charge on any atom is -0.237 e. The maximum atomic E-state index is 14.2. The molecule has 0 saturated carbocycles. The van der Waals surface area contributed by atoms with Crippen LogP contribution in [0.5, 0.6) is 0 Å². The summed E-state index contributed by atoms with van der Waals surface area (Å²) in [5.41, 5.74) is 5.67. The normalized spacial score (nSPS) is 19.6. The van der Waals surface area contributed by atoms with E-state index in [0.717, 1.165) is 33.2 Å². The summed E-state index contributed by atoms with van der Waals surface area (Å²) in [6, 6.07) is 15.7. The zero-order chi connectivity index (χ0) is 27.1. The van der Waals surface area contributed by atoms with Gasteiger partial charge in [0.15, 0.2) is 5.75 Å². The smallest absolute Gasteiger partial charge is 0.237 e. The number of allylic oxidation sites excluding steroid dienone is 1. The van der Waals surface area contributed by atoms with Crippen molar-refractivity contribution in [1.82, 2.24) is 14.1 Å². The van der Waals surface area contributed by atoms with Crippen molar-refractivity contribution in [2.75, 3.05) is 18.8 Å². The molecule has 2 aliphatic rings. The lowest BCUT2D eigenvalue weighted by molar-refractivity contribution is -0.107. The number of hydrogen-bond donors (Lipinski definition) is 0. The van der Waals surface area contributed by atoms with Crippen LogP contribution < -0.4 is 0 Å². The molecular formula is C28H29F4N3O2S. The van der Waals surface area contributed by atoms with E-state index in [-0.39, 0.29) is 36.9 Å². The zero-order valence-electron chi connectivity index (χ0n) is 21.0. The fourth-order valence-electron chi connectivity index (χ4n) is 5.90. The van der Waals surface area contributed by atoms with Crippen molar-refractivity contribution in [2.24, 2.45) is 5.92 Å². The first-order chi connectivity index (χ1) is 18.0. The summed E-state index contributed by atoms with van der Waals surface area (Å²) in [6.45, 7) is 1.78. The van der Waals surface area contributed by atoms with Gasteiger partial charge in [0, 0.05) is 31.0 Å². The lowest BCUT2D eigenvalue weighted by Gasteiger charge is -2.31. The predicted molar refractivity (Wildman–Crippen MR) is 137 cm³/mol. The Morgan fingerprint density at radius 2 is 1.79 bits per heavy atom. The van der Waals surface area contributed by atoms with E-state index >= 15 is 0 Å². The molecule has 0 radical (unpaired) electrons. The van der Waals surface area contributed by atoms with Gasteiger partial charge in [-0.25, -0.2) is 21.8 Å². The maximum absolute atomic E-state index is 14.2. The average Bonchev–Trinajstić information content (AvgIpc) is 3.46. The molecule has 0 bridgehead atoms. The highest BCUT2D eigenvalue weighted by Gasteiger charge is 2.42.